The predicted molar refractivity (Wildman–Crippen MR) is 95.9 cm³/mol. The Morgan fingerprint density at radius 3 is 2.56 bits per heavy atom. The van der Waals surface area contributed by atoms with E-state index in [1.54, 1.807) is 0 Å². The van der Waals surface area contributed by atoms with Crippen molar-refractivity contribution in [3.63, 3.8) is 0 Å². The highest BCUT2D eigenvalue weighted by Crippen LogP contribution is 2.21. The van der Waals surface area contributed by atoms with E-state index < -0.39 is 6.10 Å². The van der Waals surface area contributed by atoms with Crippen molar-refractivity contribution in [2.75, 3.05) is 26.8 Å². The Labute approximate surface area is 150 Å². The van der Waals surface area contributed by atoms with Gasteiger partial charge >= 0.3 is 5.97 Å². The number of carbonyl (C=O) groups excluding carboxylic acids is 2. The van der Waals surface area contributed by atoms with E-state index in [1.165, 1.54) is 13.2 Å². The first kappa shape index (κ1) is 21.6. The SMILES string of the molecule is COC(=O)C=CCCCCCCCCC(=O)N1CCC(C(O)CO)C1. The van der Waals surface area contributed by atoms with E-state index >= 15 is 0 Å². The molecule has 1 heterocycles. The molecule has 1 saturated heterocycles. The van der Waals surface area contributed by atoms with Gasteiger partial charge in [0.2, 0.25) is 5.91 Å². The molecule has 2 atom stereocenters. The van der Waals surface area contributed by atoms with Gasteiger partial charge in [-0.05, 0) is 25.7 Å². The molecule has 0 spiro atoms. The number of unbranched alkanes of at least 4 members (excludes halogenated alkanes) is 6. The van der Waals surface area contributed by atoms with Crippen LogP contribution in [-0.2, 0) is 14.3 Å². The zero-order valence-electron chi connectivity index (χ0n) is 15.4. The third-order valence-corrected chi connectivity index (χ3v) is 4.78. The molecular formula is C19H33NO5. The minimum Gasteiger partial charge on any atom is -0.466 e. The number of carbonyl (C=O) groups is 2. The number of aliphatic hydroxyl groups is 2. The minimum atomic E-state index is -0.708. The Bertz CT molecular complexity index is 424. The number of hydrogen-bond acceptors (Lipinski definition) is 5. The summed E-state index contributed by atoms with van der Waals surface area (Å²) in [6, 6.07) is 0. The maximum Gasteiger partial charge on any atom is 0.330 e. The zero-order chi connectivity index (χ0) is 18.5. The molecule has 0 bridgehead atoms. The summed E-state index contributed by atoms with van der Waals surface area (Å²) in [5.41, 5.74) is 0. The molecular weight excluding hydrogens is 322 g/mol. The van der Waals surface area contributed by atoms with Gasteiger partial charge in [-0.1, -0.05) is 31.8 Å². The molecule has 6 heteroatoms. The summed E-state index contributed by atoms with van der Waals surface area (Å²) in [4.78, 5) is 24.8. The van der Waals surface area contributed by atoms with E-state index in [2.05, 4.69) is 4.74 Å². The summed E-state index contributed by atoms with van der Waals surface area (Å²) in [5.74, 6) is -0.123. The largest absolute Gasteiger partial charge is 0.466 e. The molecule has 2 N–H and O–H groups in total. The summed E-state index contributed by atoms with van der Waals surface area (Å²) < 4.78 is 4.52. The number of nitrogens with zero attached hydrogens (tertiary/aromatic N) is 1. The van der Waals surface area contributed by atoms with Crippen LogP contribution in [0, 0.1) is 5.92 Å². The highest BCUT2D eigenvalue weighted by atomic mass is 16.5. The maximum atomic E-state index is 12.1. The highest BCUT2D eigenvalue weighted by molar-refractivity contribution is 5.81. The van der Waals surface area contributed by atoms with Gasteiger partial charge in [-0.25, -0.2) is 4.79 Å². The van der Waals surface area contributed by atoms with Crippen LogP contribution in [0.15, 0.2) is 12.2 Å². The molecule has 1 fully saturated rings. The first-order valence-electron chi connectivity index (χ1n) is 9.39. The first-order valence-corrected chi connectivity index (χ1v) is 9.39. The van der Waals surface area contributed by atoms with Gasteiger partial charge in [-0.15, -0.1) is 0 Å². The van der Waals surface area contributed by atoms with Gasteiger partial charge in [0.1, 0.15) is 0 Å². The van der Waals surface area contributed by atoms with Crippen molar-refractivity contribution in [3.05, 3.63) is 12.2 Å². The maximum absolute atomic E-state index is 12.1. The molecule has 25 heavy (non-hydrogen) atoms. The predicted octanol–water partition coefficient (Wildman–Crippen LogP) is 2.04. The molecule has 1 amide bonds. The fourth-order valence-electron chi connectivity index (χ4n) is 3.13. The Morgan fingerprint density at radius 1 is 1.20 bits per heavy atom. The fraction of sp³-hybridized carbons (Fsp3) is 0.789. The lowest BCUT2D eigenvalue weighted by molar-refractivity contribution is -0.135. The molecule has 0 aliphatic carbocycles. The third-order valence-electron chi connectivity index (χ3n) is 4.78. The monoisotopic (exact) mass is 355 g/mol. The van der Waals surface area contributed by atoms with Gasteiger partial charge in [0.25, 0.3) is 0 Å². The Kier molecular flexibility index (Phi) is 11.2. The number of aliphatic hydroxyl groups excluding tert-OH is 2. The Balaban J connectivity index is 1.97. The van der Waals surface area contributed by atoms with Crippen molar-refractivity contribution in [2.24, 2.45) is 5.92 Å². The molecule has 144 valence electrons. The van der Waals surface area contributed by atoms with Crippen molar-refractivity contribution in [1.29, 1.82) is 0 Å². The average molecular weight is 355 g/mol. The molecule has 0 aromatic rings. The summed E-state index contributed by atoms with van der Waals surface area (Å²) in [6.45, 7) is 1.03. The standard InChI is InChI=1S/C19H33NO5/c1-25-19(24)11-9-7-5-3-2-4-6-8-10-18(23)20-13-12-16(14-20)17(22)15-21/h9,11,16-17,21-22H,2-8,10,12-15H2,1H3. The third kappa shape index (κ3) is 9.02. The second-order valence-electron chi connectivity index (χ2n) is 6.72. The van der Waals surface area contributed by atoms with E-state index in [1.807, 2.05) is 11.0 Å². The van der Waals surface area contributed by atoms with Crippen LogP contribution in [0.3, 0.4) is 0 Å². The topological polar surface area (TPSA) is 87.1 Å². The van der Waals surface area contributed by atoms with Crippen LogP contribution in [-0.4, -0.2) is 59.9 Å². The number of methoxy groups -OCH3 is 1. The minimum absolute atomic E-state index is 0.0159. The number of amides is 1. The number of hydrogen-bond donors (Lipinski definition) is 2. The molecule has 1 aliphatic heterocycles. The van der Waals surface area contributed by atoms with E-state index in [4.69, 9.17) is 5.11 Å². The lowest BCUT2D eigenvalue weighted by Gasteiger charge is -2.18. The van der Waals surface area contributed by atoms with Crippen LogP contribution < -0.4 is 0 Å². The second-order valence-corrected chi connectivity index (χ2v) is 6.72. The van der Waals surface area contributed by atoms with Gasteiger partial charge in [0.15, 0.2) is 0 Å². The zero-order valence-corrected chi connectivity index (χ0v) is 15.4. The van der Waals surface area contributed by atoms with Crippen molar-refractivity contribution < 1.29 is 24.5 Å². The summed E-state index contributed by atoms with van der Waals surface area (Å²) >= 11 is 0. The Hall–Kier alpha value is -1.40. The normalized spacial score (nSPS) is 18.7. The number of allylic oxidation sites excluding steroid dienone is 1. The molecule has 1 rings (SSSR count). The van der Waals surface area contributed by atoms with Gasteiger partial charge < -0.3 is 19.8 Å². The molecule has 2 unspecified atom stereocenters. The van der Waals surface area contributed by atoms with E-state index in [0.29, 0.717) is 19.5 Å². The summed E-state index contributed by atoms with van der Waals surface area (Å²) in [6.07, 6.45) is 11.3. The van der Waals surface area contributed by atoms with Crippen LogP contribution >= 0.6 is 0 Å². The second kappa shape index (κ2) is 12.9. The lowest BCUT2D eigenvalue weighted by Crippen LogP contribution is -2.31. The molecule has 0 aromatic heterocycles. The quantitative estimate of drug-likeness (QED) is 0.318. The smallest absolute Gasteiger partial charge is 0.330 e. The summed E-state index contributed by atoms with van der Waals surface area (Å²) in [5, 5.41) is 18.6. The fourth-order valence-corrected chi connectivity index (χ4v) is 3.13. The van der Waals surface area contributed by atoms with Crippen LogP contribution in [0.5, 0.6) is 0 Å². The van der Waals surface area contributed by atoms with Crippen molar-refractivity contribution in [3.8, 4) is 0 Å². The number of rotatable bonds is 12. The van der Waals surface area contributed by atoms with Gasteiger partial charge in [0, 0.05) is 31.5 Å². The average Bonchev–Trinajstić information content (AvgIpc) is 3.12. The number of esters is 1. The van der Waals surface area contributed by atoms with Crippen LogP contribution in [0.4, 0.5) is 0 Å². The Morgan fingerprint density at radius 2 is 1.88 bits per heavy atom. The van der Waals surface area contributed by atoms with Crippen molar-refractivity contribution in [1.82, 2.24) is 4.90 Å². The molecule has 0 saturated carbocycles. The highest BCUT2D eigenvalue weighted by Gasteiger charge is 2.30. The molecule has 6 nitrogen and oxygen atoms in total. The van der Waals surface area contributed by atoms with Crippen LogP contribution in [0.1, 0.15) is 57.8 Å². The van der Waals surface area contributed by atoms with Crippen molar-refractivity contribution in [2.45, 2.75) is 63.9 Å². The summed E-state index contributed by atoms with van der Waals surface area (Å²) in [7, 11) is 1.37. The number of ether oxygens (including phenoxy) is 1. The first-order chi connectivity index (χ1) is 12.1. The van der Waals surface area contributed by atoms with Crippen molar-refractivity contribution >= 4 is 11.9 Å². The molecule has 1 aliphatic rings. The number of likely N-dealkylation sites (tertiary alicyclic amines) is 1. The van der Waals surface area contributed by atoms with Gasteiger partial charge in [-0.3, -0.25) is 4.79 Å². The van der Waals surface area contributed by atoms with E-state index in [0.717, 1.165) is 51.4 Å². The van der Waals surface area contributed by atoms with Crippen LogP contribution in [0.2, 0.25) is 0 Å². The van der Waals surface area contributed by atoms with E-state index in [-0.39, 0.29) is 24.4 Å². The van der Waals surface area contributed by atoms with Gasteiger partial charge in [0.05, 0.1) is 19.8 Å². The lowest BCUT2D eigenvalue weighted by atomic mass is 10.0. The molecule has 0 radical (unpaired) electrons. The van der Waals surface area contributed by atoms with Crippen LogP contribution in [0.25, 0.3) is 0 Å². The molecule has 0 aromatic carbocycles. The van der Waals surface area contributed by atoms with E-state index in [9.17, 15) is 14.7 Å². The van der Waals surface area contributed by atoms with Gasteiger partial charge in [-0.2, -0.15) is 0 Å².